The number of rotatable bonds is 4. The summed E-state index contributed by atoms with van der Waals surface area (Å²) in [6, 6.07) is 4.49. The summed E-state index contributed by atoms with van der Waals surface area (Å²) in [5.74, 6) is 0.433. The SMILES string of the molecule is CNC(c1cccs1)C1CCCC(S(C)(=O)=O)C1. The van der Waals surface area contributed by atoms with E-state index >= 15 is 0 Å². The fourth-order valence-corrected chi connectivity index (χ4v) is 5.07. The highest BCUT2D eigenvalue weighted by Crippen LogP contribution is 2.37. The molecule has 0 radical (unpaired) electrons. The minimum Gasteiger partial charge on any atom is -0.312 e. The Kier molecular flexibility index (Phi) is 4.45. The normalized spacial score (nSPS) is 27.0. The topological polar surface area (TPSA) is 46.2 Å². The largest absolute Gasteiger partial charge is 0.312 e. The van der Waals surface area contributed by atoms with Gasteiger partial charge in [-0.25, -0.2) is 8.42 Å². The van der Waals surface area contributed by atoms with E-state index in [0.717, 1.165) is 25.7 Å². The highest BCUT2D eigenvalue weighted by molar-refractivity contribution is 7.91. The Hall–Kier alpha value is -0.390. The zero-order valence-electron chi connectivity index (χ0n) is 10.9. The van der Waals surface area contributed by atoms with Crippen molar-refractivity contribution in [2.75, 3.05) is 13.3 Å². The monoisotopic (exact) mass is 287 g/mol. The molecule has 0 spiro atoms. The van der Waals surface area contributed by atoms with Gasteiger partial charge in [-0.05, 0) is 43.7 Å². The number of thiophene rings is 1. The van der Waals surface area contributed by atoms with E-state index in [0.29, 0.717) is 12.0 Å². The summed E-state index contributed by atoms with van der Waals surface area (Å²) < 4.78 is 23.4. The molecule has 2 rings (SSSR count). The lowest BCUT2D eigenvalue weighted by molar-refractivity contribution is 0.285. The van der Waals surface area contributed by atoms with Crippen LogP contribution in [0.1, 0.15) is 36.6 Å². The third-order valence-electron chi connectivity index (χ3n) is 3.90. The first-order valence-corrected chi connectivity index (χ1v) is 9.25. The molecule has 1 heterocycles. The van der Waals surface area contributed by atoms with Gasteiger partial charge in [0.2, 0.25) is 0 Å². The zero-order chi connectivity index (χ0) is 13.2. The molecule has 0 aromatic carbocycles. The van der Waals surface area contributed by atoms with Gasteiger partial charge in [0.25, 0.3) is 0 Å². The van der Waals surface area contributed by atoms with Crippen LogP contribution in [0.3, 0.4) is 0 Å². The van der Waals surface area contributed by atoms with Gasteiger partial charge in [0.15, 0.2) is 0 Å². The van der Waals surface area contributed by atoms with Crippen LogP contribution in [0.2, 0.25) is 0 Å². The smallest absolute Gasteiger partial charge is 0.150 e. The van der Waals surface area contributed by atoms with Crippen molar-refractivity contribution in [2.45, 2.75) is 37.0 Å². The van der Waals surface area contributed by atoms with Crippen molar-refractivity contribution < 1.29 is 8.42 Å². The van der Waals surface area contributed by atoms with Crippen molar-refractivity contribution >= 4 is 21.2 Å². The van der Waals surface area contributed by atoms with E-state index in [-0.39, 0.29) is 5.25 Å². The lowest BCUT2D eigenvalue weighted by Crippen LogP contribution is -2.34. The molecule has 1 aromatic heterocycles. The number of hydrogen-bond acceptors (Lipinski definition) is 4. The van der Waals surface area contributed by atoms with Gasteiger partial charge in [0, 0.05) is 17.2 Å². The molecule has 0 bridgehead atoms. The molecule has 1 N–H and O–H groups in total. The molecular weight excluding hydrogens is 266 g/mol. The molecule has 0 amide bonds. The Bertz CT molecular complexity index is 467. The fraction of sp³-hybridized carbons (Fsp3) is 0.692. The molecular formula is C13H21NO2S2. The van der Waals surface area contributed by atoms with E-state index in [1.54, 1.807) is 11.3 Å². The summed E-state index contributed by atoms with van der Waals surface area (Å²) in [4.78, 5) is 1.32. The maximum atomic E-state index is 11.7. The van der Waals surface area contributed by atoms with Crippen molar-refractivity contribution in [1.29, 1.82) is 0 Å². The Morgan fingerprint density at radius 3 is 2.78 bits per heavy atom. The molecule has 0 saturated heterocycles. The first-order valence-electron chi connectivity index (χ1n) is 6.42. The summed E-state index contributed by atoms with van der Waals surface area (Å²) in [6.07, 6.45) is 5.14. The maximum Gasteiger partial charge on any atom is 0.150 e. The summed E-state index contributed by atoms with van der Waals surface area (Å²) in [5.41, 5.74) is 0. The lowest BCUT2D eigenvalue weighted by atomic mass is 9.83. The van der Waals surface area contributed by atoms with Crippen LogP contribution in [-0.4, -0.2) is 27.0 Å². The number of sulfone groups is 1. The first-order chi connectivity index (χ1) is 8.52. The summed E-state index contributed by atoms with van der Waals surface area (Å²) in [5, 5.41) is 5.30. The van der Waals surface area contributed by atoms with Crippen LogP contribution in [0.5, 0.6) is 0 Å². The van der Waals surface area contributed by atoms with E-state index in [4.69, 9.17) is 0 Å². The van der Waals surface area contributed by atoms with Gasteiger partial charge in [-0.15, -0.1) is 11.3 Å². The highest BCUT2D eigenvalue weighted by Gasteiger charge is 2.33. The Labute approximate surface area is 114 Å². The molecule has 5 heteroatoms. The van der Waals surface area contributed by atoms with E-state index in [2.05, 4.69) is 22.8 Å². The predicted octanol–water partition coefficient (Wildman–Crippen LogP) is 2.61. The van der Waals surface area contributed by atoms with Crippen LogP contribution in [0.15, 0.2) is 17.5 Å². The third-order valence-corrected chi connectivity index (χ3v) is 6.50. The van der Waals surface area contributed by atoms with Crippen molar-refractivity contribution in [3.63, 3.8) is 0 Å². The minimum atomic E-state index is -2.89. The summed E-state index contributed by atoms with van der Waals surface area (Å²) >= 11 is 1.75. The maximum absolute atomic E-state index is 11.7. The van der Waals surface area contributed by atoms with Gasteiger partial charge in [-0.2, -0.15) is 0 Å². The van der Waals surface area contributed by atoms with Crippen LogP contribution in [0.25, 0.3) is 0 Å². The number of nitrogens with one attached hydrogen (secondary N) is 1. The van der Waals surface area contributed by atoms with Crippen molar-refractivity contribution in [3.05, 3.63) is 22.4 Å². The van der Waals surface area contributed by atoms with Gasteiger partial charge in [0.05, 0.1) is 5.25 Å². The average molecular weight is 287 g/mol. The van der Waals surface area contributed by atoms with E-state index in [1.165, 1.54) is 11.1 Å². The zero-order valence-corrected chi connectivity index (χ0v) is 12.6. The lowest BCUT2D eigenvalue weighted by Gasteiger charge is -2.33. The minimum absolute atomic E-state index is 0.146. The van der Waals surface area contributed by atoms with Crippen LogP contribution in [0, 0.1) is 5.92 Å². The molecule has 102 valence electrons. The van der Waals surface area contributed by atoms with Gasteiger partial charge < -0.3 is 5.32 Å². The molecule has 1 fully saturated rings. The summed E-state index contributed by atoms with van der Waals surface area (Å²) in [6.45, 7) is 0. The van der Waals surface area contributed by atoms with Crippen LogP contribution in [-0.2, 0) is 9.84 Å². The molecule has 0 aliphatic heterocycles. The fourth-order valence-electron chi connectivity index (χ4n) is 2.95. The van der Waals surface area contributed by atoms with Crippen LogP contribution < -0.4 is 5.32 Å². The van der Waals surface area contributed by atoms with Gasteiger partial charge in [-0.1, -0.05) is 12.5 Å². The highest BCUT2D eigenvalue weighted by atomic mass is 32.2. The standard InChI is InChI=1S/C13H21NO2S2/c1-14-13(12-7-4-8-17-12)10-5-3-6-11(9-10)18(2,15)16/h4,7-8,10-11,13-14H,3,5-6,9H2,1-2H3. The molecule has 3 nitrogen and oxygen atoms in total. The van der Waals surface area contributed by atoms with Crippen molar-refractivity contribution in [3.8, 4) is 0 Å². The molecule has 3 unspecified atom stereocenters. The molecule has 3 atom stereocenters. The molecule has 1 saturated carbocycles. The average Bonchev–Trinajstić information content (AvgIpc) is 2.83. The van der Waals surface area contributed by atoms with E-state index < -0.39 is 9.84 Å². The summed E-state index contributed by atoms with van der Waals surface area (Å²) in [7, 11) is -0.927. The molecule has 1 aromatic rings. The van der Waals surface area contributed by atoms with E-state index in [1.807, 2.05) is 7.05 Å². The quantitative estimate of drug-likeness (QED) is 0.926. The Morgan fingerprint density at radius 2 is 2.22 bits per heavy atom. The van der Waals surface area contributed by atoms with Crippen LogP contribution in [0.4, 0.5) is 0 Å². The Morgan fingerprint density at radius 1 is 1.44 bits per heavy atom. The molecule has 1 aliphatic carbocycles. The Balaban J connectivity index is 2.12. The van der Waals surface area contributed by atoms with Crippen molar-refractivity contribution in [1.82, 2.24) is 5.32 Å². The first kappa shape index (κ1) is 14.0. The van der Waals surface area contributed by atoms with Crippen LogP contribution >= 0.6 is 11.3 Å². The second kappa shape index (κ2) is 5.72. The van der Waals surface area contributed by atoms with Crippen molar-refractivity contribution in [2.24, 2.45) is 5.92 Å². The molecule has 18 heavy (non-hydrogen) atoms. The second-order valence-corrected chi connectivity index (χ2v) is 8.46. The second-order valence-electron chi connectivity index (χ2n) is 5.16. The predicted molar refractivity (Wildman–Crippen MR) is 76.7 cm³/mol. The van der Waals surface area contributed by atoms with Gasteiger partial charge in [0.1, 0.15) is 9.84 Å². The van der Waals surface area contributed by atoms with Gasteiger partial charge >= 0.3 is 0 Å². The van der Waals surface area contributed by atoms with Gasteiger partial charge in [-0.3, -0.25) is 0 Å². The third kappa shape index (κ3) is 3.13. The number of hydrogen-bond donors (Lipinski definition) is 1. The molecule has 1 aliphatic rings. The van der Waals surface area contributed by atoms with E-state index in [9.17, 15) is 8.42 Å².